The molecule has 0 spiro atoms. The molecular formula is C10H18N2O3S. The first-order valence-electron chi connectivity index (χ1n) is 5.63. The predicted octanol–water partition coefficient (Wildman–Crippen LogP) is -0.254. The van der Waals surface area contributed by atoms with E-state index in [1.54, 1.807) is 4.90 Å². The lowest BCUT2D eigenvalue weighted by Gasteiger charge is -2.33. The van der Waals surface area contributed by atoms with Crippen molar-refractivity contribution in [1.82, 2.24) is 9.21 Å². The molecule has 2 fully saturated rings. The van der Waals surface area contributed by atoms with Crippen LogP contribution < -0.4 is 0 Å². The van der Waals surface area contributed by atoms with Gasteiger partial charge in [0.2, 0.25) is 15.9 Å². The number of carbonyl (C=O) groups is 1. The summed E-state index contributed by atoms with van der Waals surface area (Å²) in [6.07, 6.45) is 2.21. The maximum atomic E-state index is 11.9. The van der Waals surface area contributed by atoms with Crippen LogP contribution in [0.4, 0.5) is 0 Å². The molecule has 1 aliphatic carbocycles. The first-order chi connectivity index (χ1) is 7.39. The molecule has 1 saturated carbocycles. The lowest BCUT2D eigenvalue weighted by Crippen LogP contribution is -2.50. The summed E-state index contributed by atoms with van der Waals surface area (Å²) in [7, 11) is -3.10. The number of sulfonamides is 1. The molecule has 0 radical (unpaired) electrons. The van der Waals surface area contributed by atoms with Crippen LogP contribution in [0.1, 0.15) is 13.3 Å². The zero-order valence-electron chi connectivity index (χ0n) is 9.72. The largest absolute Gasteiger partial charge is 0.340 e. The van der Waals surface area contributed by atoms with Gasteiger partial charge in [0.05, 0.1) is 6.26 Å². The number of nitrogens with zero attached hydrogens (tertiary/aromatic N) is 2. The van der Waals surface area contributed by atoms with Crippen molar-refractivity contribution in [2.45, 2.75) is 13.3 Å². The van der Waals surface area contributed by atoms with Crippen LogP contribution in [-0.2, 0) is 14.8 Å². The highest BCUT2D eigenvalue weighted by Gasteiger charge is 2.42. The van der Waals surface area contributed by atoms with E-state index in [0.29, 0.717) is 32.1 Å². The highest BCUT2D eigenvalue weighted by atomic mass is 32.2. The van der Waals surface area contributed by atoms with E-state index in [9.17, 15) is 13.2 Å². The first kappa shape index (κ1) is 11.9. The second-order valence-electron chi connectivity index (χ2n) is 4.81. The summed E-state index contributed by atoms with van der Waals surface area (Å²) in [4.78, 5) is 13.7. The Balaban J connectivity index is 1.88. The van der Waals surface area contributed by atoms with Crippen molar-refractivity contribution in [2.75, 3.05) is 32.4 Å². The minimum atomic E-state index is -3.10. The van der Waals surface area contributed by atoms with Crippen LogP contribution in [0.25, 0.3) is 0 Å². The van der Waals surface area contributed by atoms with E-state index in [-0.39, 0.29) is 11.8 Å². The number of hydrogen-bond acceptors (Lipinski definition) is 3. The van der Waals surface area contributed by atoms with Crippen molar-refractivity contribution in [3.8, 4) is 0 Å². The minimum Gasteiger partial charge on any atom is -0.340 e. The third kappa shape index (κ3) is 2.38. The Morgan fingerprint density at radius 2 is 1.69 bits per heavy atom. The van der Waals surface area contributed by atoms with Crippen molar-refractivity contribution >= 4 is 15.9 Å². The molecule has 5 nitrogen and oxygen atoms in total. The van der Waals surface area contributed by atoms with E-state index >= 15 is 0 Å². The molecule has 2 atom stereocenters. The summed E-state index contributed by atoms with van der Waals surface area (Å²) in [6, 6.07) is 0. The summed E-state index contributed by atoms with van der Waals surface area (Å²) in [5, 5.41) is 0. The van der Waals surface area contributed by atoms with Gasteiger partial charge >= 0.3 is 0 Å². The van der Waals surface area contributed by atoms with Crippen LogP contribution in [0.15, 0.2) is 0 Å². The third-order valence-electron chi connectivity index (χ3n) is 3.45. The van der Waals surface area contributed by atoms with Gasteiger partial charge in [0, 0.05) is 32.1 Å². The fourth-order valence-corrected chi connectivity index (χ4v) is 2.97. The van der Waals surface area contributed by atoms with Gasteiger partial charge in [-0.25, -0.2) is 8.42 Å². The lowest BCUT2D eigenvalue weighted by atomic mass is 10.2. The van der Waals surface area contributed by atoms with Crippen LogP contribution in [-0.4, -0.2) is 56.0 Å². The van der Waals surface area contributed by atoms with Crippen LogP contribution in [0.2, 0.25) is 0 Å². The molecule has 0 aromatic heterocycles. The molecule has 0 N–H and O–H groups in total. The van der Waals surface area contributed by atoms with Gasteiger partial charge < -0.3 is 4.90 Å². The molecule has 0 aromatic rings. The maximum absolute atomic E-state index is 11.9. The molecule has 1 amide bonds. The zero-order valence-corrected chi connectivity index (χ0v) is 10.5. The number of hydrogen-bond donors (Lipinski definition) is 0. The fraction of sp³-hybridized carbons (Fsp3) is 0.900. The Labute approximate surface area is 96.5 Å². The summed E-state index contributed by atoms with van der Waals surface area (Å²) < 4.78 is 24.0. The van der Waals surface area contributed by atoms with Gasteiger partial charge in [-0.3, -0.25) is 4.79 Å². The first-order valence-corrected chi connectivity index (χ1v) is 7.48. The third-order valence-corrected chi connectivity index (χ3v) is 4.75. The van der Waals surface area contributed by atoms with E-state index in [0.717, 1.165) is 6.42 Å². The molecule has 0 bridgehead atoms. The summed E-state index contributed by atoms with van der Waals surface area (Å²) in [6.45, 7) is 4.02. The Bertz CT molecular complexity index is 385. The quantitative estimate of drug-likeness (QED) is 0.675. The Hall–Kier alpha value is -0.620. The van der Waals surface area contributed by atoms with Crippen LogP contribution in [0.5, 0.6) is 0 Å². The molecule has 0 aromatic carbocycles. The van der Waals surface area contributed by atoms with Gasteiger partial charge in [-0.05, 0) is 12.3 Å². The Morgan fingerprint density at radius 1 is 1.19 bits per heavy atom. The highest BCUT2D eigenvalue weighted by Crippen LogP contribution is 2.39. The van der Waals surface area contributed by atoms with Crippen LogP contribution in [0.3, 0.4) is 0 Å². The number of piperazine rings is 1. The number of carbonyl (C=O) groups excluding carboxylic acids is 1. The van der Waals surface area contributed by atoms with Crippen molar-refractivity contribution in [3.63, 3.8) is 0 Å². The summed E-state index contributed by atoms with van der Waals surface area (Å²) in [5.41, 5.74) is 0. The van der Waals surface area contributed by atoms with Gasteiger partial charge in [0.1, 0.15) is 0 Å². The molecule has 6 heteroatoms. The Morgan fingerprint density at radius 3 is 2.06 bits per heavy atom. The molecule has 2 aliphatic rings. The van der Waals surface area contributed by atoms with Crippen LogP contribution in [0, 0.1) is 11.8 Å². The molecular weight excluding hydrogens is 228 g/mol. The standard InChI is InChI=1S/C10H18N2O3S/c1-8-7-9(8)10(13)11-3-5-12(6-4-11)16(2,14)15/h8-9H,3-7H2,1-2H3. The monoisotopic (exact) mass is 246 g/mol. The van der Waals surface area contributed by atoms with Crippen molar-refractivity contribution in [1.29, 1.82) is 0 Å². The van der Waals surface area contributed by atoms with E-state index in [1.165, 1.54) is 10.6 Å². The summed E-state index contributed by atoms with van der Waals surface area (Å²) in [5.74, 6) is 0.922. The van der Waals surface area contributed by atoms with Crippen molar-refractivity contribution in [3.05, 3.63) is 0 Å². The number of rotatable bonds is 2. The molecule has 1 saturated heterocycles. The topological polar surface area (TPSA) is 57.7 Å². The van der Waals surface area contributed by atoms with Gasteiger partial charge in [-0.2, -0.15) is 4.31 Å². The average molecular weight is 246 g/mol. The van der Waals surface area contributed by atoms with Gasteiger partial charge in [-0.15, -0.1) is 0 Å². The SMILES string of the molecule is CC1CC1C(=O)N1CCN(S(C)(=O)=O)CC1. The molecule has 1 aliphatic heterocycles. The molecule has 16 heavy (non-hydrogen) atoms. The maximum Gasteiger partial charge on any atom is 0.226 e. The molecule has 2 rings (SSSR count). The summed E-state index contributed by atoms with van der Waals surface area (Å²) >= 11 is 0. The Kier molecular flexibility index (Phi) is 2.96. The lowest BCUT2D eigenvalue weighted by molar-refractivity contribution is -0.134. The smallest absolute Gasteiger partial charge is 0.226 e. The average Bonchev–Trinajstić information content (AvgIpc) is 2.93. The second-order valence-corrected chi connectivity index (χ2v) is 6.79. The van der Waals surface area contributed by atoms with Gasteiger partial charge in [0.15, 0.2) is 0 Å². The van der Waals surface area contributed by atoms with Gasteiger partial charge in [0.25, 0.3) is 0 Å². The van der Waals surface area contributed by atoms with Crippen molar-refractivity contribution in [2.24, 2.45) is 11.8 Å². The number of amides is 1. The highest BCUT2D eigenvalue weighted by molar-refractivity contribution is 7.88. The van der Waals surface area contributed by atoms with E-state index < -0.39 is 10.0 Å². The normalized spacial score (nSPS) is 31.5. The zero-order chi connectivity index (χ0) is 11.9. The van der Waals surface area contributed by atoms with Crippen molar-refractivity contribution < 1.29 is 13.2 Å². The fourth-order valence-electron chi connectivity index (χ4n) is 2.14. The second kappa shape index (κ2) is 4.00. The van der Waals surface area contributed by atoms with Gasteiger partial charge in [-0.1, -0.05) is 6.92 Å². The van der Waals surface area contributed by atoms with E-state index in [4.69, 9.17) is 0 Å². The van der Waals surface area contributed by atoms with E-state index in [1.807, 2.05) is 0 Å². The van der Waals surface area contributed by atoms with E-state index in [2.05, 4.69) is 6.92 Å². The molecule has 1 heterocycles. The minimum absolute atomic E-state index is 0.199. The molecule has 92 valence electrons. The van der Waals surface area contributed by atoms with Crippen LogP contribution >= 0.6 is 0 Å². The molecule has 2 unspecified atom stereocenters. The predicted molar refractivity (Wildman–Crippen MR) is 60.3 cm³/mol.